The minimum atomic E-state index is 0.351. The smallest absolute Gasteiger partial charge is 0.0685 e. The summed E-state index contributed by atoms with van der Waals surface area (Å²) in [6.07, 6.45) is 5.98. The minimum Gasteiger partial charge on any atom is -0.377 e. The van der Waals surface area contributed by atoms with Crippen LogP contribution in [0.3, 0.4) is 0 Å². The van der Waals surface area contributed by atoms with E-state index in [0.717, 1.165) is 24.5 Å². The second kappa shape index (κ2) is 3.71. The van der Waals surface area contributed by atoms with E-state index in [9.17, 15) is 0 Å². The molecule has 0 bridgehead atoms. The van der Waals surface area contributed by atoms with Crippen molar-refractivity contribution >= 4 is 0 Å². The van der Waals surface area contributed by atoms with Gasteiger partial charge >= 0.3 is 0 Å². The predicted octanol–water partition coefficient (Wildman–Crippen LogP) is 2.58. The van der Waals surface area contributed by atoms with Crippen LogP contribution in [-0.4, -0.2) is 24.8 Å². The fourth-order valence-corrected chi connectivity index (χ4v) is 3.98. The number of fused-ring (bicyclic) bond motifs is 1. The maximum absolute atomic E-state index is 5.85. The lowest BCUT2D eigenvalue weighted by molar-refractivity contribution is -0.116. The van der Waals surface area contributed by atoms with Gasteiger partial charge in [0.15, 0.2) is 0 Å². The van der Waals surface area contributed by atoms with Gasteiger partial charge in [-0.3, -0.25) is 0 Å². The molecule has 1 heterocycles. The largest absolute Gasteiger partial charge is 0.377 e. The lowest BCUT2D eigenvalue weighted by Gasteiger charge is -2.56. The number of ether oxygens (including phenoxy) is 1. The second-order valence-electron chi connectivity index (χ2n) is 6.56. The van der Waals surface area contributed by atoms with Crippen LogP contribution in [0.1, 0.15) is 46.5 Å². The molecule has 0 aromatic rings. The number of hydrogen-bond acceptors (Lipinski definition) is 2. The van der Waals surface area contributed by atoms with Crippen molar-refractivity contribution in [1.82, 2.24) is 5.32 Å². The summed E-state index contributed by atoms with van der Waals surface area (Å²) in [7, 11) is 0. The summed E-state index contributed by atoms with van der Waals surface area (Å²) >= 11 is 0. The third kappa shape index (κ3) is 1.53. The Bertz CT molecular complexity index is 272. The summed E-state index contributed by atoms with van der Waals surface area (Å²) in [6.45, 7) is 8.05. The van der Waals surface area contributed by atoms with Crippen LogP contribution in [0.2, 0.25) is 0 Å². The molecule has 4 unspecified atom stereocenters. The van der Waals surface area contributed by atoms with Crippen LogP contribution in [0.4, 0.5) is 0 Å². The molecular formula is C14H25NO. The molecule has 4 atom stereocenters. The van der Waals surface area contributed by atoms with E-state index in [0.29, 0.717) is 17.6 Å². The van der Waals surface area contributed by atoms with Crippen LogP contribution in [0.25, 0.3) is 0 Å². The highest BCUT2D eigenvalue weighted by molar-refractivity contribution is 5.12. The molecule has 0 amide bonds. The van der Waals surface area contributed by atoms with Gasteiger partial charge in [0.1, 0.15) is 0 Å². The highest BCUT2D eigenvalue weighted by Gasteiger charge is 2.59. The zero-order valence-corrected chi connectivity index (χ0v) is 10.8. The molecule has 2 nitrogen and oxygen atoms in total. The van der Waals surface area contributed by atoms with E-state index in [4.69, 9.17) is 4.74 Å². The Kier molecular flexibility index (Phi) is 2.56. The first kappa shape index (κ1) is 11.0. The molecule has 1 aliphatic heterocycles. The van der Waals surface area contributed by atoms with Crippen LogP contribution < -0.4 is 5.32 Å². The minimum absolute atomic E-state index is 0.351. The average Bonchev–Trinajstić information content (AvgIpc) is 2.97. The zero-order valence-electron chi connectivity index (χ0n) is 10.8. The lowest BCUT2D eigenvalue weighted by atomic mass is 9.57. The first-order valence-electron chi connectivity index (χ1n) is 7.02. The van der Waals surface area contributed by atoms with Gasteiger partial charge in [-0.15, -0.1) is 0 Å². The number of rotatable bonds is 4. The van der Waals surface area contributed by atoms with Gasteiger partial charge in [-0.1, -0.05) is 20.8 Å². The van der Waals surface area contributed by atoms with Gasteiger partial charge in [0, 0.05) is 30.0 Å². The summed E-state index contributed by atoms with van der Waals surface area (Å²) in [5, 5.41) is 3.95. The Morgan fingerprint density at radius 3 is 2.69 bits per heavy atom. The zero-order chi connectivity index (χ0) is 11.3. The maximum atomic E-state index is 5.85. The van der Waals surface area contributed by atoms with Gasteiger partial charge in [0.2, 0.25) is 0 Å². The van der Waals surface area contributed by atoms with E-state index < -0.39 is 0 Å². The Morgan fingerprint density at radius 1 is 1.31 bits per heavy atom. The molecule has 2 aliphatic carbocycles. The first-order chi connectivity index (χ1) is 7.64. The van der Waals surface area contributed by atoms with Gasteiger partial charge in [-0.05, 0) is 31.6 Å². The summed E-state index contributed by atoms with van der Waals surface area (Å²) in [4.78, 5) is 0. The standard InChI is InChI=1S/C14H25NO/c1-4-11(9-5-6-9)15-12-10-7-8-16-13(10)14(12,2)3/h9-13,15H,4-8H2,1-3H3. The van der Waals surface area contributed by atoms with Gasteiger partial charge in [0.25, 0.3) is 0 Å². The molecule has 92 valence electrons. The fourth-order valence-electron chi connectivity index (χ4n) is 3.98. The molecule has 1 N–H and O–H groups in total. The van der Waals surface area contributed by atoms with Crippen molar-refractivity contribution in [3.8, 4) is 0 Å². The monoisotopic (exact) mass is 223 g/mol. The second-order valence-corrected chi connectivity index (χ2v) is 6.56. The quantitative estimate of drug-likeness (QED) is 0.791. The molecule has 2 heteroatoms. The predicted molar refractivity (Wildman–Crippen MR) is 65.4 cm³/mol. The van der Waals surface area contributed by atoms with Crippen molar-refractivity contribution in [2.24, 2.45) is 17.3 Å². The Hall–Kier alpha value is -0.0800. The molecule has 0 aromatic heterocycles. The highest BCUT2D eigenvalue weighted by Crippen LogP contribution is 2.52. The van der Waals surface area contributed by atoms with Gasteiger partial charge in [-0.25, -0.2) is 0 Å². The summed E-state index contributed by atoms with van der Waals surface area (Å²) in [6, 6.07) is 1.47. The first-order valence-corrected chi connectivity index (χ1v) is 7.02. The van der Waals surface area contributed by atoms with E-state index in [-0.39, 0.29) is 0 Å². The van der Waals surface area contributed by atoms with Crippen molar-refractivity contribution < 1.29 is 4.74 Å². The highest BCUT2D eigenvalue weighted by atomic mass is 16.5. The fraction of sp³-hybridized carbons (Fsp3) is 1.00. The van der Waals surface area contributed by atoms with Crippen LogP contribution >= 0.6 is 0 Å². The van der Waals surface area contributed by atoms with Crippen LogP contribution in [0.15, 0.2) is 0 Å². The maximum Gasteiger partial charge on any atom is 0.0685 e. The third-order valence-electron chi connectivity index (χ3n) is 5.12. The molecular weight excluding hydrogens is 198 g/mol. The van der Waals surface area contributed by atoms with E-state index in [1.54, 1.807) is 0 Å². The van der Waals surface area contributed by atoms with Crippen LogP contribution in [-0.2, 0) is 4.74 Å². The third-order valence-corrected chi connectivity index (χ3v) is 5.12. The van der Waals surface area contributed by atoms with Crippen molar-refractivity contribution in [2.45, 2.75) is 64.6 Å². The van der Waals surface area contributed by atoms with E-state index in [1.807, 2.05) is 0 Å². The molecule has 1 saturated heterocycles. The normalized spacial score (nSPS) is 42.6. The lowest BCUT2D eigenvalue weighted by Crippen LogP contribution is -2.67. The van der Waals surface area contributed by atoms with Crippen molar-refractivity contribution in [1.29, 1.82) is 0 Å². The Morgan fingerprint density at radius 2 is 2.06 bits per heavy atom. The number of hydrogen-bond donors (Lipinski definition) is 1. The summed E-state index contributed by atoms with van der Waals surface area (Å²) in [5.41, 5.74) is 0.351. The summed E-state index contributed by atoms with van der Waals surface area (Å²) in [5.74, 6) is 1.77. The molecule has 0 spiro atoms. The van der Waals surface area contributed by atoms with Crippen LogP contribution in [0.5, 0.6) is 0 Å². The van der Waals surface area contributed by atoms with E-state index >= 15 is 0 Å². The Balaban J connectivity index is 1.65. The van der Waals surface area contributed by atoms with E-state index in [1.165, 1.54) is 25.7 Å². The molecule has 2 saturated carbocycles. The summed E-state index contributed by atoms with van der Waals surface area (Å²) < 4.78 is 5.85. The van der Waals surface area contributed by atoms with Crippen LogP contribution in [0, 0.1) is 17.3 Å². The molecule has 0 aromatic carbocycles. The van der Waals surface area contributed by atoms with E-state index in [2.05, 4.69) is 26.1 Å². The topological polar surface area (TPSA) is 21.3 Å². The number of nitrogens with one attached hydrogen (secondary N) is 1. The molecule has 3 aliphatic rings. The SMILES string of the molecule is CCC(NC1C2CCOC2C1(C)C)C1CC1. The van der Waals surface area contributed by atoms with Crippen molar-refractivity contribution in [2.75, 3.05) is 6.61 Å². The van der Waals surface area contributed by atoms with Crippen molar-refractivity contribution in [3.63, 3.8) is 0 Å². The van der Waals surface area contributed by atoms with Gasteiger partial charge in [-0.2, -0.15) is 0 Å². The Labute approximate surface area is 99.1 Å². The molecule has 3 fully saturated rings. The molecule has 3 rings (SSSR count). The van der Waals surface area contributed by atoms with Gasteiger partial charge in [0.05, 0.1) is 6.10 Å². The average molecular weight is 223 g/mol. The van der Waals surface area contributed by atoms with Gasteiger partial charge < -0.3 is 10.1 Å². The van der Waals surface area contributed by atoms with Crippen molar-refractivity contribution in [3.05, 3.63) is 0 Å². The molecule has 16 heavy (non-hydrogen) atoms. The molecule has 0 radical (unpaired) electrons.